The maximum atomic E-state index is 13.4. The number of nitrogens with two attached hydrogens (primary N) is 4. The van der Waals surface area contributed by atoms with Crippen molar-refractivity contribution < 1.29 is 48.6 Å². The van der Waals surface area contributed by atoms with Crippen molar-refractivity contribution in [2.45, 2.75) is 103 Å². The van der Waals surface area contributed by atoms with Crippen LogP contribution in [0.25, 0.3) is 0 Å². The van der Waals surface area contributed by atoms with Crippen molar-refractivity contribution in [1.82, 2.24) is 26.6 Å². The van der Waals surface area contributed by atoms with Gasteiger partial charge >= 0.3 is 11.9 Å². The van der Waals surface area contributed by atoms with Gasteiger partial charge in [-0.3, -0.25) is 38.6 Å². The monoisotopic (exact) mass is 700 g/mol. The van der Waals surface area contributed by atoms with Crippen molar-refractivity contribution in [3.63, 3.8) is 0 Å². The maximum Gasteiger partial charge on any atom is 0.326 e. The largest absolute Gasteiger partial charge is 0.481 e. The molecule has 278 valence electrons. The number of aliphatic carboxylic acids is 2. The first-order valence-electron chi connectivity index (χ1n) is 15.7. The molecule has 0 heterocycles. The third kappa shape index (κ3) is 20.1. The van der Waals surface area contributed by atoms with E-state index in [0.29, 0.717) is 6.42 Å². The predicted molar refractivity (Wildman–Crippen MR) is 176 cm³/mol. The molecule has 0 aliphatic heterocycles. The Morgan fingerprint density at radius 2 is 1.16 bits per heavy atom. The number of hydrogen-bond donors (Lipinski definition) is 11. The summed E-state index contributed by atoms with van der Waals surface area (Å²) in [5.74, 6) is -8.39. The molecule has 0 fully saturated rings. The number of hydrogen-bond acceptors (Lipinski definition) is 10. The second-order valence-electron chi connectivity index (χ2n) is 12.3. The summed E-state index contributed by atoms with van der Waals surface area (Å²) in [5, 5.41) is 30.6. The van der Waals surface area contributed by atoms with Crippen molar-refractivity contribution in [2.24, 2.45) is 39.8 Å². The molecule has 20 heteroatoms. The van der Waals surface area contributed by atoms with Gasteiger partial charge in [-0.25, -0.2) is 4.79 Å². The van der Waals surface area contributed by atoms with Gasteiger partial charge in [-0.15, -0.1) is 0 Å². The lowest BCUT2D eigenvalue weighted by atomic mass is 9.99. The number of carboxylic acid groups (broad SMARTS) is 2. The lowest BCUT2D eigenvalue weighted by Crippen LogP contribution is -2.58. The SMILES string of the molecule is CC(C)C[C@H](NC(=O)[C@H](CC(C)C)NC(=O)[C@H](CC(=O)O)NC(=O)CNC(=O)[C@@H](N)CCCN=C(N)N)C(=O)N[C@@H](CCC(N)=O)C(=O)O. The van der Waals surface area contributed by atoms with Crippen LogP contribution in [0.1, 0.15) is 72.6 Å². The van der Waals surface area contributed by atoms with Gasteiger partial charge < -0.3 is 59.7 Å². The first kappa shape index (κ1) is 44.0. The Morgan fingerprint density at radius 3 is 1.59 bits per heavy atom. The molecule has 0 bridgehead atoms. The molecule has 0 aromatic carbocycles. The molecule has 49 heavy (non-hydrogen) atoms. The molecule has 0 unspecified atom stereocenters. The van der Waals surface area contributed by atoms with Gasteiger partial charge in [0.25, 0.3) is 0 Å². The fraction of sp³-hybridized carbons (Fsp3) is 0.690. The summed E-state index contributed by atoms with van der Waals surface area (Å²) in [6.07, 6.45) is -0.766. The zero-order valence-electron chi connectivity index (χ0n) is 28.3. The molecule has 20 nitrogen and oxygen atoms in total. The van der Waals surface area contributed by atoms with Crippen LogP contribution in [0.5, 0.6) is 0 Å². The molecule has 0 aromatic rings. The van der Waals surface area contributed by atoms with Gasteiger partial charge in [-0.05, 0) is 43.9 Å². The zero-order chi connectivity index (χ0) is 37.8. The smallest absolute Gasteiger partial charge is 0.326 e. The lowest BCUT2D eigenvalue weighted by Gasteiger charge is -2.27. The van der Waals surface area contributed by atoms with E-state index < -0.39 is 90.6 Å². The summed E-state index contributed by atoms with van der Waals surface area (Å²) < 4.78 is 0. The highest BCUT2D eigenvalue weighted by atomic mass is 16.4. The summed E-state index contributed by atoms with van der Waals surface area (Å²) in [6, 6.07) is -6.67. The van der Waals surface area contributed by atoms with E-state index in [4.69, 9.17) is 22.9 Å². The van der Waals surface area contributed by atoms with Gasteiger partial charge in [0.1, 0.15) is 24.2 Å². The van der Waals surface area contributed by atoms with E-state index in [-0.39, 0.29) is 56.4 Å². The maximum absolute atomic E-state index is 13.4. The number of aliphatic imine (C=N–C) groups is 1. The zero-order valence-corrected chi connectivity index (χ0v) is 28.3. The summed E-state index contributed by atoms with van der Waals surface area (Å²) in [6.45, 7) is 6.60. The standard InChI is InChI=1S/C29H52N10O10/c1-14(2)10-18(25(45)37-17(28(48)49)7-8-21(31)40)38-26(46)19(11-15(3)4)39-27(47)20(12-23(42)43)36-22(41)13-35-24(44)16(30)6-5-9-34-29(32)33/h14-20H,5-13,30H2,1-4H3,(H2,31,40)(H,35,44)(H,36,41)(H,37,45)(H,38,46)(H,39,47)(H,42,43)(H,48,49)(H4,32,33,34)/t16-,17-,18-,19-,20-/m0/s1. The highest BCUT2D eigenvalue weighted by Crippen LogP contribution is 2.11. The number of carbonyl (C=O) groups excluding carboxylic acids is 6. The van der Waals surface area contributed by atoms with Crippen molar-refractivity contribution in [2.75, 3.05) is 13.1 Å². The number of nitrogens with one attached hydrogen (secondary N) is 5. The first-order chi connectivity index (χ1) is 22.7. The van der Waals surface area contributed by atoms with Crippen LogP contribution in [-0.4, -0.2) is 107 Å². The van der Waals surface area contributed by atoms with Crippen molar-refractivity contribution >= 4 is 53.3 Å². The van der Waals surface area contributed by atoms with Crippen LogP contribution < -0.4 is 49.5 Å². The van der Waals surface area contributed by atoms with Gasteiger partial charge in [0.15, 0.2) is 5.96 Å². The van der Waals surface area contributed by atoms with Crippen LogP contribution in [0.15, 0.2) is 4.99 Å². The third-order valence-electron chi connectivity index (χ3n) is 6.73. The number of amides is 6. The van der Waals surface area contributed by atoms with E-state index in [9.17, 15) is 48.6 Å². The topological polar surface area (TPSA) is 354 Å². The average Bonchev–Trinajstić information content (AvgIpc) is 2.97. The fourth-order valence-corrected chi connectivity index (χ4v) is 4.34. The number of nitrogens with zero attached hydrogens (tertiary/aromatic N) is 1. The van der Waals surface area contributed by atoms with Gasteiger partial charge in [-0.1, -0.05) is 27.7 Å². The van der Waals surface area contributed by atoms with Crippen molar-refractivity contribution in [3.05, 3.63) is 0 Å². The molecule has 5 atom stereocenters. The molecular weight excluding hydrogens is 648 g/mol. The van der Waals surface area contributed by atoms with Crippen LogP contribution >= 0.6 is 0 Å². The van der Waals surface area contributed by atoms with Gasteiger partial charge in [0.05, 0.1) is 19.0 Å². The minimum absolute atomic E-state index is 0.0365. The highest BCUT2D eigenvalue weighted by molar-refractivity contribution is 5.96. The molecule has 15 N–H and O–H groups in total. The first-order valence-corrected chi connectivity index (χ1v) is 15.7. The molecule has 0 aliphatic rings. The van der Waals surface area contributed by atoms with E-state index in [1.807, 2.05) is 0 Å². The normalized spacial score (nSPS) is 13.9. The number of carboxylic acids is 2. The Balaban J connectivity index is 5.68. The molecule has 0 rings (SSSR count). The van der Waals surface area contributed by atoms with E-state index in [0.717, 1.165) is 0 Å². The van der Waals surface area contributed by atoms with E-state index >= 15 is 0 Å². The highest BCUT2D eigenvalue weighted by Gasteiger charge is 2.33. The van der Waals surface area contributed by atoms with E-state index in [1.165, 1.54) is 0 Å². The number of rotatable bonds is 24. The molecular formula is C29H52N10O10. The van der Waals surface area contributed by atoms with Gasteiger partial charge in [0.2, 0.25) is 35.4 Å². The molecule has 0 aliphatic carbocycles. The van der Waals surface area contributed by atoms with E-state index in [2.05, 4.69) is 31.6 Å². The Kier molecular flexibility index (Phi) is 20.2. The second kappa shape index (κ2) is 22.5. The predicted octanol–water partition coefficient (Wildman–Crippen LogP) is -3.66. The quantitative estimate of drug-likeness (QED) is 0.0263. The molecule has 6 amide bonds. The number of guanidine groups is 1. The van der Waals surface area contributed by atoms with Crippen LogP contribution in [0.2, 0.25) is 0 Å². The van der Waals surface area contributed by atoms with Crippen LogP contribution in [0.4, 0.5) is 0 Å². The van der Waals surface area contributed by atoms with Gasteiger partial charge in [0, 0.05) is 13.0 Å². The summed E-state index contributed by atoms with van der Waals surface area (Å²) in [7, 11) is 0. The molecule has 0 spiro atoms. The summed E-state index contributed by atoms with van der Waals surface area (Å²) in [4.78, 5) is 103. The minimum atomic E-state index is -1.66. The summed E-state index contributed by atoms with van der Waals surface area (Å²) >= 11 is 0. The summed E-state index contributed by atoms with van der Waals surface area (Å²) in [5.41, 5.74) is 21.4. The van der Waals surface area contributed by atoms with Crippen LogP contribution in [0.3, 0.4) is 0 Å². The van der Waals surface area contributed by atoms with Crippen LogP contribution in [-0.2, 0) is 38.4 Å². The minimum Gasteiger partial charge on any atom is -0.481 e. The average molecular weight is 701 g/mol. The Bertz CT molecular complexity index is 1210. The third-order valence-corrected chi connectivity index (χ3v) is 6.73. The Morgan fingerprint density at radius 1 is 0.673 bits per heavy atom. The van der Waals surface area contributed by atoms with Crippen molar-refractivity contribution in [1.29, 1.82) is 0 Å². The second-order valence-corrected chi connectivity index (χ2v) is 12.3. The lowest BCUT2D eigenvalue weighted by molar-refractivity contribution is -0.142. The number of primary amides is 1. The molecule has 0 radical (unpaired) electrons. The fourth-order valence-electron chi connectivity index (χ4n) is 4.34. The molecule has 0 aromatic heterocycles. The number of carbonyl (C=O) groups is 8. The van der Waals surface area contributed by atoms with Crippen molar-refractivity contribution in [3.8, 4) is 0 Å². The Labute approximate surface area is 284 Å². The van der Waals surface area contributed by atoms with Gasteiger partial charge in [-0.2, -0.15) is 0 Å². The molecule has 0 saturated heterocycles. The van der Waals surface area contributed by atoms with E-state index in [1.54, 1.807) is 27.7 Å². The Hall–Kier alpha value is -5.01. The molecule has 0 saturated carbocycles. The van der Waals surface area contributed by atoms with Crippen LogP contribution in [0, 0.1) is 11.8 Å².